The van der Waals surface area contributed by atoms with Crippen molar-refractivity contribution in [3.05, 3.63) is 59.4 Å². The molecule has 5 rings (SSSR count). The Labute approximate surface area is 250 Å². The summed E-state index contributed by atoms with van der Waals surface area (Å²) < 4.78 is 53.8. The Hall–Kier alpha value is -3.18. The molecule has 43 heavy (non-hydrogen) atoms. The van der Waals surface area contributed by atoms with Gasteiger partial charge >= 0.3 is 12.2 Å². The molecular weight excluding hydrogens is 562 g/mol. The van der Waals surface area contributed by atoms with E-state index >= 15 is 0 Å². The zero-order valence-electron chi connectivity index (χ0n) is 24.9. The molecule has 0 aromatic heterocycles. The predicted octanol–water partition coefficient (Wildman–Crippen LogP) is 6.17. The average Bonchev–Trinajstić information content (AvgIpc) is 3.69. The van der Waals surface area contributed by atoms with Gasteiger partial charge in [0.1, 0.15) is 5.82 Å². The summed E-state index contributed by atoms with van der Waals surface area (Å²) in [5, 5.41) is 5.49. The standard InChI is InChI=1S/C32H41F4N5O2/c1-22(42)37-25-7-5-6-23(18-25)31-11-10-27(19-24(31)21-31)41(13-4-3-12-40-16-14-39(2)15-17-40)30(43)38-26-8-9-29(33)28(20-26)32(34,35)36/h5-9,18,20,24,27H,3-4,10-17,19,21H2,1-2H3,(H,37,42)(H,38,43)/t24?,27-,31?/m1/s1. The highest BCUT2D eigenvalue weighted by molar-refractivity contribution is 5.90. The summed E-state index contributed by atoms with van der Waals surface area (Å²) in [4.78, 5) is 31.7. The molecule has 1 heterocycles. The van der Waals surface area contributed by atoms with Crippen molar-refractivity contribution in [2.75, 3.05) is 56.9 Å². The molecule has 2 aliphatic carbocycles. The van der Waals surface area contributed by atoms with Crippen LogP contribution in [0.2, 0.25) is 0 Å². The fraction of sp³-hybridized carbons (Fsp3) is 0.562. The van der Waals surface area contributed by atoms with Crippen molar-refractivity contribution < 1.29 is 27.2 Å². The summed E-state index contributed by atoms with van der Waals surface area (Å²) >= 11 is 0. The molecule has 2 aromatic carbocycles. The smallest absolute Gasteiger partial charge is 0.326 e. The number of urea groups is 1. The van der Waals surface area contributed by atoms with Gasteiger partial charge in [0, 0.05) is 57.1 Å². The van der Waals surface area contributed by atoms with Crippen LogP contribution in [0, 0.1) is 11.7 Å². The van der Waals surface area contributed by atoms with Crippen LogP contribution in [0.25, 0.3) is 0 Å². The summed E-state index contributed by atoms with van der Waals surface area (Å²) in [6.07, 6.45) is 0.284. The van der Waals surface area contributed by atoms with Crippen LogP contribution >= 0.6 is 0 Å². The van der Waals surface area contributed by atoms with Gasteiger partial charge in [0.25, 0.3) is 0 Å². The second-order valence-corrected chi connectivity index (χ2v) is 12.4. The Morgan fingerprint density at radius 1 is 1.02 bits per heavy atom. The summed E-state index contributed by atoms with van der Waals surface area (Å²) in [7, 11) is 2.12. The molecule has 3 amide bonds. The number of carbonyl (C=O) groups is 2. The van der Waals surface area contributed by atoms with Crippen molar-refractivity contribution in [2.45, 2.75) is 63.1 Å². The van der Waals surface area contributed by atoms with Crippen molar-refractivity contribution in [3.63, 3.8) is 0 Å². The topological polar surface area (TPSA) is 67.9 Å². The van der Waals surface area contributed by atoms with E-state index in [1.54, 1.807) is 4.90 Å². The molecule has 2 unspecified atom stereocenters. The van der Waals surface area contributed by atoms with Gasteiger partial charge < -0.3 is 25.3 Å². The van der Waals surface area contributed by atoms with Gasteiger partial charge in [-0.05, 0) is 99.3 Å². The predicted molar refractivity (Wildman–Crippen MR) is 158 cm³/mol. The number of hydrogen-bond donors (Lipinski definition) is 2. The highest BCUT2D eigenvalue weighted by Gasteiger charge is 2.58. The summed E-state index contributed by atoms with van der Waals surface area (Å²) in [6.45, 7) is 7.02. The van der Waals surface area contributed by atoms with Crippen LogP contribution in [-0.2, 0) is 16.4 Å². The average molecular weight is 604 g/mol. The quantitative estimate of drug-likeness (QED) is 0.266. The number of fused-ring (bicyclic) bond motifs is 1. The second-order valence-electron chi connectivity index (χ2n) is 12.4. The van der Waals surface area contributed by atoms with E-state index in [1.807, 2.05) is 18.2 Å². The molecule has 3 fully saturated rings. The van der Waals surface area contributed by atoms with Gasteiger partial charge in [0.2, 0.25) is 5.91 Å². The van der Waals surface area contributed by atoms with Crippen molar-refractivity contribution in [3.8, 4) is 0 Å². The largest absolute Gasteiger partial charge is 0.419 e. The van der Waals surface area contributed by atoms with E-state index in [0.29, 0.717) is 18.5 Å². The zero-order valence-corrected chi connectivity index (χ0v) is 24.9. The van der Waals surface area contributed by atoms with E-state index in [9.17, 15) is 27.2 Å². The Morgan fingerprint density at radius 2 is 1.77 bits per heavy atom. The van der Waals surface area contributed by atoms with Gasteiger partial charge in [-0.1, -0.05) is 12.1 Å². The number of alkyl halides is 3. The number of hydrogen-bond acceptors (Lipinski definition) is 4. The number of piperazine rings is 1. The number of carbonyl (C=O) groups excluding carboxylic acids is 2. The van der Waals surface area contributed by atoms with E-state index < -0.39 is 23.6 Å². The van der Waals surface area contributed by atoms with Gasteiger partial charge in [0.15, 0.2) is 0 Å². The number of nitrogens with one attached hydrogen (secondary N) is 2. The Balaban J connectivity index is 1.26. The van der Waals surface area contributed by atoms with Crippen LogP contribution in [0.5, 0.6) is 0 Å². The van der Waals surface area contributed by atoms with Gasteiger partial charge in [-0.25, -0.2) is 9.18 Å². The van der Waals surface area contributed by atoms with Gasteiger partial charge in [0.05, 0.1) is 5.56 Å². The fourth-order valence-corrected chi connectivity index (χ4v) is 6.91. The lowest BCUT2D eigenvalue weighted by Crippen LogP contribution is -2.46. The van der Waals surface area contributed by atoms with E-state index in [2.05, 4.69) is 33.5 Å². The first kappa shape index (κ1) is 31.3. The lowest BCUT2D eigenvalue weighted by Gasteiger charge is -2.37. The van der Waals surface area contributed by atoms with Gasteiger partial charge in [-0.15, -0.1) is 0 Å². The van der Waals surface area contributed by atoms with E-state index in [-0.39, 0.29) is 23.1 Å². The normalized spacial score (nSPS) is 24.2. The third-order valence-corrected chi connectivity index (χ3v) is 9.41. The molecule has 0 bridgehead atoms. The molecule has 234 valence electrons. The zero-order chi connectivity index (χ0) is 30.8. The molecule has 0 radical (unpaired) electrons. The van der Waals surface area contributed by atoms with Crippen LogP contribution in [-0.4, -0.2) is 79.0 Å². The maximum absolute atomic E-state index is 13.9. The van der Waals surface area contributed by atoms with Crippen molar-refractivity contribution in [1.82, 2.24) is 14.7 Å². The van der Waals surface area contributed by atoms with Crippen LogP contribution in [0.3, 0.4) is 0 Å². The molecule has 2 aromatic rings. The summed E-state index contributed by atoms with van der Waals surface area (Å²) in [5.74, 6) is -1.11. The van der Waals surface area contributed by atoms with Crippen LogP contribution in [0.4, 0.5) is 33.7 Å². The summed E-state index contributed by atoms with van der Waals surface area (Å²) in [6, 6.07) is 10.0. The van der Waals surface area contributed by atoms with Crippen LogP contribution in [0.1, 0.15) is 56.6 Å². The first-order chi connectivity index (χ1) is 20.4. The van der Waals surface area contributed by atoms with Gasteiger partial charge in [-0.2, -0.15) is 13.2 Å². The molecule has 2 saturated carbocycles. The van der Waals surface area contributed by atoms with E-state index in [1.165, 1.54) is 18.6 Å². The van der Waals surface area contributed by atoms with Crippen LogP contribution in [0.15, 0.2) is 42.5 Å². The molecule has 3 aliphatic rings. The van der Waals surface area contributed by atoms with Crippen LogP contribution < -0.4 is 10.6 Å². The van der Waals surface area contributed by atoms with E-state index in [4.69, 9.17) is 0 Å². The van der Waals surface area contributed by atoms with Crippen molar-refractivity contribution in [2.24, 2.45) is 5.92 Å². The highest BCUT2D eigenvalue weighted by Crippen LogP contribution is 2.63. The second kappa shape index (κ2) is 12.8. The number of anilines is 2. The lowest BCUT2D eigenvalue weighted by molar-refractivity contribution is -0.139. The Morgan fingerprint density at radius 3 is 2.47 bits per heavy atom. The monoisotopic (exact) mass is 603 g/mol. The summed E-state index contributed by atoms with van der Waals surface area (Å²) in [5.41, 5.74) is 0.508. The first-order valence-electron chi connectivity index (χ1n) is 15.2. The number of unbranched alkanes of at least 4 members (excludes halogenated alkanes) is 1. The number of likely N-dealkylation sites (N-methyl/N-ethyl adjacent to an activating group) is 1. The molecule has 2 N–H and O–H groups in total. The molecular formula is C32H41F4N5O2. The molecule has 11 heteroatoms. The minimum Gasteiger partial charge on any atom is -0.326 e. The Bertz CT molecular complexity index is 1310. The first-order valence-corrected chi connectivity index (χ1v) is 15.2. The third kappa shape index (κ3) is 7.49. The fourth-order valence-electron chi connectivity index (χ4n) is 6.91. The Kier molecular flexibility index (Phi) is 9.31. The number of nitrogens with zero attached hydrogens (tertiary/aromatic N) is 3. The molecule has 3 atom stereocenters. The number of rotatable bonds is 9. The number of halogens is 4. The van der Waals surface area contributed by atoms with Crippen molar-refractivity contribution >= 4 is 23.3 Å². The van der Waals surface area contributed by atoms with Crippen molar-refractivity contribution in [1.29, 1.82) is 0 Å². The highest BCUT2D eigenvalue weighted by atomic mass is 19.4. The molecule has 1 saturated heterocycles. The molecule has 7 nitrogen and oxygen atoms in total. The van der Waals surface area contributed by atoms with E-state index in [0.717, 1.165) is 83.0 Å². The third-order valence-electron chi connectivity index (χ3n) is 9.41. The SMILES string of the molecule is CC(=O)Nc1cccc(C23CC[C@@H](N(CCCCN4CCN(C)CC4)C(=O)Nc4ccc(F)c(C(F)(F)F)c4)CC2C3)c1. The minimum absolute atomic E-state index is 0.0209. The minimum atomic E-state index is -4.86. The lowest BCUT2D eigenvalue weighted by atomic mass is 9.80. The molecule has 1 aliphatic heterocycles. The van der Waals surface area contributed by atoms with Gasteiger partial charge in [-0.3, -0.25) is 4.79 Å². The maximum Gasteiger partial charge on any atom is 0.419 e. The number of amides is 3. The number of benzene rings is 2. The molecule has 0 spiro atoms. The maximum atomic E-state index is 13.9.